The van der Waals surface area contributed by atoms with Crippen molar-refractivity contribution in [2.24, 2.45) is 0 Å². The Kier molecular flexibility index (Phi) is 8.93. The van der Waals surface area contributed by atoms with Crippen molar-refractivity contribution in [1.82, 2.24) is 0 Å². The number of ether oxygens (including phenoxy) is 1. The van der Waals surface area contributed by atoms with Crippen LogP contribution in [0.1, 0.15) is 39.0 Å². The fourth-order valence-corrected chi connectivity index (χ4v) is 2.02. The zero-order valence-electron chi connectivity index (χ0n) is 10.6. The van der Waals surface area contributed by atoms with Gasteiger partial charge in [0.25, 0.3) is 0 Å². The standard InChI is InChI=1S/C11H21O6P/c1-3-5-6-7-10(17-18(13,14)15)8-9-16-11(12)4-2/h4,10H,2-3,5-9H2,1H3,(H2,13,14,15). The third-order valence-corrected chi connectivity index (χ3v) is 2.84. The smallest absolute Gasteiger partial charge is 0.462 e. The molecule has 0 aromatic carbocycles. The molecule has 0 saturated heterocycles. The molecule has 0 rings (SSSR count). The van der Waals surface area contributed by atoms with Crippen molar-refractivity contribution in [2.45, 2.75) is 45.1 Å². The van der Waals surface area contributed by atoms with E-state index in [2.05, 4.69) is 11.1 Å². The van der Waals surface area contributed by atoms with Crippen LogP contribution in [-0.4, -0.2) is 28.5 Å². The molecule has 0 aromatic rings. The summed E-state index contributed by atoms with van der Waals surface area (Å²) in [4.78, 5) is 28.3. The van der Waals surface area contributed by atoms with Crippen LogP contribution < -0.4 is 0 Å². The summed E-state index contributed by atoms with van der Waals surface area (Å²) >= 11 is 0. The molecule has 7 heteroatoms. The van der Waals surface area contributed by atoms with Crippen LogP contribution in [0.3, 0.4) is 0 Å². The molecular formula is C11H21O6P. The van der Waals surface area contributed by atoms with E-state index < -0.39 is 19.9 Å². The lowest BCUT2D eigenvalue weighted by Crippen LogP contribution is -2.16. The minimum atomic E-state index is -4.50. The highest BCUT2D eigenvalue weighted by Crippen LogP contribution is 2.39. The van der Waals surface area contributed by atoms with Crippen molar-refractivity contribution < 1.29 is 28.4 Å². The molecule has 0 spiro atoms. The Balaban J connectivity index is 4.07. The second-order valence-corrected chi connectivity index (χ2v) is 5.07. The van der Waals surface area contributed by atoms with Crippen LogP contribution in [0.15, 0.2) is 12.7 Å². The van der Waals surface area contributed by atoms with Crippen molar-refractivity contribution in [3.63, 3.8) is 0 Å². The highest BCUT2D eigenvalue weighted by Gasteiger charge is 2.22. The van der Waals surface area contributed by atoms with E-state index in [0.717, 1.165) is 25.3 Å². The number of esters is 1. The van der Waals surface area contributed by atoms with Gasteiger partial charge in [0.05, 0.1) is 12.7 Å². The van der Waals surface area contributed by atoms with E-state index in [1.54, 1.807) is 0 Å². The molecule has 106 valence electrons. The predicted octanol–water partition coefficient (Wildman–Crippen LogP) is 2.16. The summed E-state index contributed by atoms with van der Waals surface area (Å²) in [6.45, 7) is 5.34. The van der Waals surface area contributed by atoms with Gasteiger partial charge in [0, 0.05) is 12.5 Å². The molecule has 0 radical (unpaired) electrons. The second-order valence-electron chi connectivity index (χ2n) is 3.87. The highest BCUT2D eigenvalue weighted by molar-refractivity contribution is 7.46. The van der Waals surface area contributed by atoms with E-state index in [9.17, 15) is 9.36 Å². The van der Waals surface area contributed by atoms with Gasteiger partial charge in [0.15, 0.2) is 0 Å². The number of unbranched alkanes of at least 4 members (excludes halogenated alkanes) is 2. The Morgan fingerprint density at radius 2 is 2.06 bits per heavy atom. The fraction of sp³-hybridized carbons (Fsp3) is 0.727. The summed E-state index contributed by atoms with van der Waals surface area (Å²) in [6, 6.07) is 0. The average Bonchev–Trinajstić information content (AvgIpc) is 2.26. The number of hydrogen-bond acceptors (Lipinski definition) is 4. The van der Waals surface area contributed by atoms with E-state index in [-0.39, 0.29) is 13.0 Å². The third-order valence-electron chi connectivity index (χ3n) is 2.27. The molecule has 0 fully saturated rings. The van der Waals surface area contributed by atoms with Gasteiger partial charge < -0.3 is 14.5 Å². The van der Waals surface area contributed by atoms with E-state index in [4.69, 9.17) is 14.5 Å². The summed E-state index contributed by atoms with van der Waals surface area (Å²) in [5.74, 6) is -0.557. The Morgan fingerprint density at radius 1 is 1.39 bits per heavy atom. The molecule has 0 aromatic heterocycles. The first-order chi connectivity index (χ1) is 8.39. The minimum absolute atomic E-state index is 0.0572. The first kappa shape index (κ1) is 17.3. The summed E-state index contributed by atoms with van der Waals surface area (Å²) in [7, 11) is -4.50. The molecule has 2 N–H and O–H groups in total. The van der Waals surface area contributed by atoms with E-state index in [1.807, 2.05) is 6.92 Å². The maximum absolute atomic E-state index is 10.8. The first-order valence-corrected chi connectivity index (χ1v) is 7.45. The largest absolute Gasteiger partial charge is 0.469 e. The third kappa shape index (κ3) is 10.5. The van der Waals surface area contributed by atoms with Crippen molar-refractivity contribution >= 4 is 13.8 Å². The average molecular weight is 280 g/mol. The van der Waals surface area contributed by atoms with Gasteiger partial charge in [-0.25, -0.2) is 9.36 Å². The van der Waals surface area contributed by atoms with Crippen molar-refractivity contribution in [1.29, 1.82) is 0 Å². The monoisotopic (exact) mass is 280 g/mol. The number of hydrogen-bond donors (Lipinski definition) is 2. The Bertz CT molecular complexity index is 298. The molecule has 6 nitrogen and oxygen atoms in total. The molecule has 0 heterocycles. The van der Waals surface area contributed by atoms with Gasteiger partial charge >= 0.3 is 13.8 Å². The quantitative estimate of drug-likeness (QED) is 0.276. The molecule has 0 saturated carbocycles. The molecule has 18 heavy (non-hydrogen) atoms. The van der Waals surface area contributed by atoms with Crippen LogP contribution in [0.5, 0.6) is 0 Å². The number of phosphoric acid groups is 1. The van der Waals surface area contributed by atoms with Gasteiger partial charge in [-0.05, 0) is 6.42 Å². The van der Waals surface area contributed by atoms with Gasteiger partial charge in [0.1, 0.15) is 0 Å². The second kappa shape index (κ2) is 9.28. The highest BCUT2D eigenvalue weighted by atomic mass is 31.2. The van der Waals surface area contributed by atoms with E-state index in [0.29, 0.717) is 6.42 Å². The lowest BCUT2D eigenvalue weighted by Gasteiger charge is -2.17. The Hall–Kier alpha value is -0.680. The maximum Gasteiger partial charge on any atom is 0.469 e. The molecule has 0 aliphatic carbocycles. The predicted molar refractivity (Wildman–Crippen MR) is 66.8 cm³/mol. The molecule has 0 aliphatic rings. The van der Waals surface area contributed by atoms with Gasteiger partial charge in [-0.1, -0.05) is 32.8 Å². The molecule has 1 atom stereocenters. The molecule has 1 unspecified atom stereocenters. The lowest BCUT2D eigenvalue weighted by molar-refractivity contribution is -0.138. The topological polar surface area (TPSA) is 93.1 Å². The fourth-order valence-electron chi connectivity index (χ4n) is 1.42. The van der Waals surface area contributed by atoms with Crippen molar-refractivity contribution in [3.8, 4) is 0 Å². The maximum atomic E-state index is 10.8. The van der Waals surface area contributed by atoms with E-state index in [1.165, 1.54) is 0 Å². The van der Waals surface area contributed by atoms with E-state index >= 15 is 0 Å². The van der Waals surface area contributed by atoms with Crippen LogP contribution in [0, 0.1) is 0 Å². The molecular weight excluding hydrogens is 259 g/mol. The van der Waals surface area contributed by atoms with Crippen LogP contribution >= 0.6 is 7.82 Å². The van der Waals surface area contributed by atoms with Crippen LogP contribution in [0.2, 0.25) is 0 Å². The summed E-state index contributed by atoms with van der Waals surface area (Å²) in [5, 5.41) is 0. The number of carbonyl (C=O) groups is 1. The molecule has 0 bridgehead atoms. The zero-order valence-corrected chi connectivity index (χ0v) is 11.5. The molecule has 0 amide bonds. The normalized spacial score (nSPS) is 13.1. The van der Waals surface area contributed by atoms with Crippen LogP contribution in [0.4, 0.5) is 0 Å². The van der Waals surface area contributed by atoms with Crippen LogP contribution in [0.25, 0.3) is 0 Å². The minimum Gasteiger partial charge on any atom is -0.462 e. The van der Waals surface area contributed by atoms with Crippen molar-refractivity contribution in [2.75, 3.05) is 6.61 Å². The summed E-state index contributed by atoms with van der Waals surface area (Å²) in [6.07, 6.45) is 4.02. The summed E-state index contributed by atoms with van der Waals surface area (Å²) < 4.78 is 20.2. The summed E-state index contributed by atoms with van der Waals surface area (Å²) in [5.41, 5.74) is 0. The Labute approximate surface area is 107 Å². The number of rotatable bonds is 10. The SMILES string of the molecule is C=CC(=O)OCCC(CCCCC)OP(=O)(O)O. The first-order valence-electron chi connectivity index (χ1n) is 5.92. The Morgan fingerprint density at radius 3 is 2.56 bits per heavy atom. The van der Waals surface area contributed by atoms with Gasteiger partial charge in [0.2, 0.25) is 0 Å². The van der Waals surface area contributed by atoms with Crippen LogP contribution in [-0.2, 0) is 18.6 Å². The lowest BCUT2D eigenvalue weighted by atomic mass is 10.1. The van der Waals surface area contributed by atoms with Gasteiger partial charge in [-0.15, -0.1) is 0 Å². The van der Waals surface area contributed by atoms with Crippen molar-refractivity contribution in [3.05, 3.63) is 12.7 Å². The zero-order chi connectivity index (χ0) is 14.0. The van der Waals surface area contributed by atoms with Gasteiger partial charge in [-0.2, -0.15) is 0 Å². The molecule has 0 aliphatic heterocycles. The number of carbonyl (C=O) groups excluding carboxylic acids is 1. The van der Waals surface area contributed by atoms with Gasteiger partial charge in [-0.3, -0.25) is 4.52 Å². The number of phosphoric ester groups is 1.